The van der Waals surface area contributed by atoms with Crippen LogP contribution in [0.2, 0.25) is 0 Å². The molecule has 15 aromatic rings. The van der Waals surface area contributed by atoms with Gasteiger partial charge in [0.15, 0.2) is 0 Å². The number of rotatable bonds is 6. The lowest BCUT2D eigenvalue weighted by molar-refractivity contribution is 1.35. The molecule has 0 unspecified atom stereocenters. The number of benzene rings is 9. The molecule has 0 spiro atoms. The zero-order chi connectivity index (χ0) is 50.4. The normalized spacial score (nSPS) is 11.4. The first-order valence-corrected chi connectivity index (χ1v) is 25.5. The first kappa shape index (κ1) is 44.4. The summed E-state index contributed by atoms with van der Waals surface area (Å²) in [5, 5.41) is 9.16. The largest absolute Gasteiger partial charge is 0.256 e. The maximum atomic E-state index is 5.02. The van der Waals surface area contributed by atoms with Crippen molar-refractivity contribution in [2.75, 3.05) is 0 Å². The highest BCUT2D eigenvalue weighted by Gasteiger charge is 2.11. The monoisotopic (exact) mass is 968 g/mol. The molecule has 0 radical (unpaired) electrons. The van der Waals surface area contributed by atoms with Crippen LogP contribution >= 0.6 is 0 Å². The van der Waals surface area contributed by atoms with Gasteiger partial charge in [0.2, 0.25) is 0 Å². The van der Waals surface area contributed by atoms with Crippen molar-refractivity contribution in [3.05, 3.63) is 267 Å². The van der Waals surface area contributed by atoms with Crippen LogP contribution in [-0.2, 0) is 0 Å². The average molecular weight is 969 g/mol. The third-order valence-corrected chi connectivity index (χ3v) is 14.3. The lowest BCUT2D eigenvalue weighted by Gasteiger charge is -2.09. The van der Waals surface area contributed by atoms with Crippen molar-refractivity contribution < 1.29 is 0 Å². The summed E-state index contributed by atoms with van der Waals surface area (Å²) in [4.78, 5) is 29.0. The number of aromatic nitrogens is 6. The Balaban J connectivity index is 0.000000140. The molecule has 0 N–H and O–H groups in total. The minimum Gasteiger partial charge on any atom is -0.256 e. The van der Waals surface area contributed by atoms with Crippen LogP contribution in [0.15, 0.2) is 267 Å². The maximum Gasteiger partial charge on any atom is 0.0725 e. The quantitative estimate of drug-likeness (QED) is 0.165. The summed E-state index contributed by atoms with van der Waals surface area (Å²) < 4.78 is 0. The Bertz CT molecular complexity index is 4720. The fourth-order valence-electron chi connectivity index (χ4n) is 10.3. The van der Waals surface area contributed by atoms with Gasteiger partial charge in [0.25, 0.3) is 0 Å². The third-order valence-electron chi connectivity index (χ3n) is 14.3. The second-order valence-corrected chi connectivity index (χ2v) is 19.1. The molecule has 0 fully saturated rings. The van der Waals surface area contributed by atoms with Crippen LogP contribution in [0.1, 0.15) is 0 Å². The Kier molecular flexibility index (Phi) is 11.1. The maximum absolute atomic E-state index is 5.02. The average Bonchev–Trinajstić information content (AvgIpc) is 3.50. The summed E-state index contributed by atoms with van der Waals surface area (Å²) in [6.07, 6.45) is 3.80. The number of para-hydroxylation sites is 2. The predicted octanol–water partition coefficient (Wildman–Crippen LogP) is 17.8. The molecule has 6 heteroatoms. The summed E-state index contributed by atoms with van der Waals surface area (Å²) in [6.45, 7) is 0. The van der Waals surface area contributed by atoms with Gasteiger partial charge in [-0.2, -0.15) is 0 Å². The summed E-state index contributed by atoms with van der Waals surface area (Å²) in [7, 11) is 0. The van der Waals surface area contributed by atoms with Crippen molar-refractivity contribution in [3.8, 4) is 67.3 Å². The first-order chi connectivity index (χ1) is 37.6. The van der Waals surface area contributed by atoms with Crippen molar-refractivity contribution in [1.82, 2.24) is 29.9 Å². The molecule has 0 bridgehead atoms. The number of hydrogen-bond acceptors (Lipinski definition) is 6. The van der Waals surface area contributed by atoms with Crippen molar-refractivity contribution in [1.29, 1.82) is 0 Å². The molecule has 15 rings (SSSR count). The summed E-state index contributed by atoms with van der Waals surface area (Å²) in [6, 6.07) is 88.7. The zero-order valence-electron chi connectivity index (χ0n) is 41.1. The second kappa shape index (κ2) is 19.0. The summed E-state index contributed by atoms with van der Waals surface area (Å²) in [5.41, 5.74) is 18.7. The molecule has 0 atom stereocenters. The smallest absolute Gasteiger partial charge is 0.0725 e. The lowest BCUT2D eigenvalue weighted by Crippen LogP contribution is -1.89. The molecular formula is C70H44N6. The highest BCUT2D eigenvalue weighted by Crippen LogP contribution is 2.34. The minimum absolute atomic E-state index is 0.928. The Hall–Kier alpha value is -10.3. The number of fused-ring (bicyclic) bond motifs is 7. The Labute approximate surface area is 438 Å². The van der Waals surface area contributed by atoms with Crippen molar-refractivity contribution >= 4 is 76.2 Å². The van der Waals surface area contributed by atoms with Crippen molar-refractivity contribution in [2.45, 2.75) is 0 Å². The number of pyridine rings is 6. The van der Waals surface area contributed by atoms with Crippen LogP contribution in [0.5, 0.6) is 0 Å². The molecule has 9 aromatic carbocycles. The van der Waals surface area contributed by atoms with E-state index in [1.807, 2.05) is 67.0 Å². The van der Waals surface area contributed by atoms with E-state index in [1.165, 1.54) is 21.9 Å². The molecule has 0 saturated carbocycles. The Morgan fingerprint density at radius 3 is 1.04 bits per heavy atom. The van der Waals surface area contributed by atoms with Gasteiger partial charge in [0.05, 0.1) is 55.9 Å². The number of nitrogens with zero attached hydrogens (tertiary/aromatic N) is 6. The SMILES string of the molecule is c1ccc(-c2ccc3cc(-c4ccc5nc(-c6cnc7ccccc7c6)ccc5c4)ccc3n2)cc1.c1ccc2ncc(-c3ccc4cc(-c5ccc6nc(-c7cccc8ccccc78)ccc6c5)ccc4n3)cc2c1. The van der Waals surface area contributed by atoms with Crippen LogP contribution < -0.4 is 0 Å². The molecule has 354 valence electrons. The van der Waals surface area contributed by atoms with Gasteiger partial charge in [0, 0.05) is 67.0 Å². The third kappa shape index (κ3) is 8.59. The van der Waals surface area contributed by atoms with Crippen LogP contribution in [0.4, 0.5) is 0 Å². The highest BCUT2D eigenvalue weighted by molar-refractivity contribution is 5.98. The topological polar surface area (TPSA) is 77.3 Å². The summed E-state index contributed by atoms with van der Waals surface area (Å²) in [5.74, 6) is 0. The predicted molar refractivity (Wildman–Crippen MR) is 315 cm³/mol. The zero-order valence-corrected chi connectivity index (χ0v) is 41.1. The van der Waals surface area contributed by atoms with Gasteiger partial charge in [-0.1, -0.05) is 158 Å². The van der Waals surface area contributed by atoms with Gasteiger partial charge in [-0.3, -0.25) is 9.97 Å². The van der Waals surface area contributed by atoms with Crippen LogP contribution in [0.3, 0.4) is 0 Å². The molecule has 76 heavy (non-hydrogen) atoms. The molecule has 0 amide bonds. The van der Waals surface area contributed by atoms with E-state index in [0.29, 0.717) is 0 Å². The van der Waals surface area contributed by atoms with E-state index >= 15 is 0 Å². The van der Waals surface area contributed by atoms with Gasteiger partial charge in [0.1, 0.15) is 0 Å². The molecule has 0 saturated heterocycles. The lowest BCUT2D eigenvalue weighted by atomic mass is 9.99. The van der Waals surface area contributed by atoms with E-state index in [9.17, 15) is 0 Å². The first-order valence-electron chi connectivity index (χ1n) is 25.5. The molecule has 6 nitrogen and oxygen atoms in total. The summed E-state index contributed by atoms with van der Waals surface area (Å²) >= 11 is 0. The number of hydrogen-bond donors (Lipinski definition) is 0. The molecule has 0 aliphatic carbocycles. The molecule has 0 aliphatic rings. The minimum atomic E-state index is 0.928. The van der Waals surface area contributed by atoms with E-state index in [0.717, 1.165) is 122 Å². The van der Waals surface area contributed by atoms with Gasteiger partial charge >= 0.3 is 0 Å². The molecular weight excluding hydrogens is 925 g/mol. The second-order valence-electron chi connectivity index (χ2n) is 19.1. The van der Waals surface area contributed by atoms with E-state index < -0.39 is 0 Å². The van der Waals surface area contributed by atoms with Gasteiger partial charge in [-0.15, -0.1) is 0 Å². The van der Waals surface area contributed by atoms with Crippen molar-refractivity contribution in [2.24, 2.45) is 0 Å². The molecule has 6 aromatic heterocycles. The van der Waals surface area contributed by atoms with E-state index in [4.69, 9.17) is 19.9 Å². The Morgan fingerprint density at radius 1 is 0.197 bits per heavy atom. The fraction of sp³-hybridized carbons (Fsp3) is 0. The van der Waals surface area contributed by atoms with Crippen LogP contribution in [0.25, 0.3) is 143 Å². The van der Waals surface area contributed by atoms with E-state index in [2.05, 4.69) is 210 Å². The van der Waals surface area contributed by atoms with Gasteiger partial charge in [-0.05, 0) is 130 Å². The van der Waals surface area contributed by atoms with Crippen molar-refractivity contribution in [3.63, 3.8) is 0 Å². The van der Waals surface area contributed by atoms with Gasteiger partial charge in [-0.25, -0.2) is 19.9 Å². The Morgan fingerprint density at radius 2 is 0.553 bits per heavy atom. The van der Waals surface area contributed by atoms with Crippen LogP contribution in [-0.4, -0.2) is 29.9 Å². The van der Waals surface area contributed by atoms with Gasteiger partial charge < -0.3 is 0 Å². The van der Waals surface area contributed by atoms with Crippen LogP contribution in [0, 0.1) is 0 Å². The standard InChI is InChI=1S/C37H23N3.C33H21N3/c1-3-9-31-24(6-1)8-5-10-32(31)37-19-15-29-21-26(13-17-35(29)40-37)25-12-16-34-28(20-25)14-18-36(39-34)30-22-27-7-2-4-11-33(27)38-23-30;1-2-6-22(7-3-1)30-16-12-26-18-23(10-14-31(26)35-30)24-11-15-32-27(19-24)13-17-33(36-32)28-20-25-8-4-5-9-29(25)34-21-28/h1-23H;1-21H. The molecule has 6 heterocycles. The molecule has 0 aliphatic heterocycles. The highest BCUT2D eigenvalue weighted by atomic mass is 14.7. The fourth-order valence-corrected chi connectivity index (χ4v) is 10.3. The van der Waals surface area contributed by atoms with E-state index in [-0.39, 0.29) is 0 Å². The van der Waals surface area contributed by atoms with E-state index in [1.54, 1.807) is 0 Å².